The van der Waals surface area contributed by atoms with Gasteiger partial charge in [0.2, 0.25) is 21.8 Å². The first-order valence-corrected chi connectivity index (χ1v) is 13.6. The van der Waals surface area contributed by atoms with Crippen molar-refractivity contribution in [3.63, 3.8) is 0 Å². The van der Waals surface area contributed by atoms with Gasteiger partial charge in [-0.1, -0.05) is 59.4 Å². The zero-order valence-electron chi connectivity index (χ0n) is 18.8. The molecule has 0 spiro atoms. The summed E-state index contributed by atoms with van der Waals surface area (Å²) in [7, 11) is -3.90. The third kappa shape index (κ3) is 7.92. The van der Waals surface area contributed by atoms with Crippen molar-refractivity contribution < 1.29 is 18.0 Å². The summed E-state index contributed by atoms with van der Waals surface area (Å²) in [6.45, 7) is 3.29. The van der Waals surface area contributed by atoms with Crippen LogP contribution < -0.4 is 9.62 Å². The maximum absolute atomic E-state index is 13.5. The number of carbonyl (C=O) groups is 2. The Morgan fingerprint density at radius 3 is 2.15 bits per heavy atom. The summed E-state index contributed by atoms with van der Waals surface area (Å²) >= 11 is 24.4. The first kappa shape index (κ1) is 28.5. The van der Waals surface area contributed by atoms with Gasteiger partial charge < -0.3 is 10.2 Å². The van der Waals surface area contributed by atoms with Gasteiger partial charge in [0.15, 0.2) is 0 Å². The van der Waals surface area contributed by atoms with Crippen LogP contribution in [0.1, 0.15) is 25.8 Å². The summed E-state index contributed by atoms with van der Waals surface area (Å²) in [4.78, 5) is 27.4. The van der Waals surface area contributed by atoms with Gasteiger partial charge in [-0.2, -0.15) is 0 Å². The molecule has 0 aliphatic heterocycles. The molecule has 12 heteroatoms. The highest BCUT2D eigenvalue weighted by atomic mass is 35.5. The molecule has 0 saturated carbocycles. The Bertz CT molecular complexity index is 1140. The van der Waals surface area contributed by atoms with Gasteiger partial charge in [-0.15, -0.1) is 0 Å². The van der Waals surface area contributed by atoms with E-state index in [0.717, 1.165) is 10.6 Å². The Kier molecular flexibility index (Phi) is 10.3. The summed E-state index contributed by atoms with van der Waals surface area (Å²) < 4.78 is 26.0. The van der Waals surface area contributed by atoms with E-state index < -0.39 is 28.5 Å². The Labute approximate surface area is 220 Å². The van der Waals surface area contributed by atoms with E-state index in [1.165, 1.54) is 29.2 Å². The second-order valence-corrected chi connectivity index (χ2v) is 11.2. The van der Waals surface area contributed by atoms with Crippen LogP contribution in [0.15, 0.2) is 36.4 Å². The molecule has 2 amide bonds. The number of nitrogens with zero attached hydrogens (tertiary/aromatic N) is 2. The minimum atomic E-state index is -3.90. The lowest BCUT2D eigenvalue weighted by Crippen LogP contribution is -2.51. The van der Waals surface area contributed by atoms with Crippen molar-refractivity contribution in [2.45, 2.75) is 32.9 Å². The molecule has 2 rings (SSSR count). The lowest BCUT2D eigenvalue weighted by molar-refractivity contribution is -0.139. The lowest BCUT2D eigenvalue weighted by atomic mass is 10.1. The molecular formula is C22H25Cl4N3O4S. The van der Waals surface area contributed by atoms with Crippen LogP contribution in [0.3, 0.4) is 0 Å². The second kappa shape index (κ2) is 12.3. The van der Waals surface area contributed by atoms with Crippen molar-refractivity contribution in [3.05, 3.63) is 62.1 Å². The molecule has 0 fully saturated rings. The Morgan fingerprint density at radius 2 is 1.62 bits per heavy atom. The molecule has 1 N–H and O–H groups in total. The molecule has 34 heavy (non-hydrogen) atoms. The number of sulfonamides is 1. The van der Waals surface area contributed by atoms with Gasteiger partial charge in [-0.25, -0.2) is 8.42 Å². The minimum Gasteiger partial charge on any atom is -0.354 e. The minimum absolute atomic E-state index is 0.0382. The molecular weight excluding hydrogens is 544 g/mol. The maximum atomic E-state index is 13.5. The number of halogens is 4. The van der Waals surface area contributed by atoms with E-state index in [-0.39, 0.29) is 28.2 Å². The van der Waals surface area contributed by atoms with Crippen LogP contribution in [0, 0.1) is 0 Å². The van der Waals surface area contributed by atoms with Crippen LogP contribution in [0.2, 0.25) is 20.1 Å². The van der Waals surface area contributed by atoms with Crippen LogP contribution in [-0.4, -0.2) is 50.5 Å². The molecule has 0 heterocycles. The van der Waals surface area contributed by atoms with E-state index >= 15 is 0 Å². The number of nitrogens with one attached hydrogen (secondary N) is 1. The molecule has 1 atom stereocenters. The summed E-state index contributed by atoms with van der Waals surface area (Å²) in [5.74, 6) is -0.997. The van der Waals surface area contributed by atoms with Gasteiger partial charge >= 0.3 is 0 Å². The van der Waals surface area contributed by atoms with Gasteiger partial charge in [0.25, 0.3) is 0 Å². The molecule has 0 aliphatic rings. The standard InChI is InChI=1S/C22H25Cl4N3O4S/c1-4-7-27-22(31)14(2)28(12-15-5-6-16(23)11-20(15)26)21(30)13-29(34(3,32)33)19-9-17(24)8-18(25)10-19/h5-6,8-11,14H,4,7,12-13H2,1-3H3,(H,27,31). The molecule has 186 valence electrons. The molecule has 0 aliphatic carbocycles. The summed E-state index contributed by atoms with van der Waals surface area (Å²) in [6.07, 6.45) is 1.68. The van der Waals surface area contributed by atoms with Crippen LogP contribution >= 0.6 is 46.4 Å². The molecule has 0 aromatic heterocycles. The van der Waals surface area contributed by atoms with Crippen LogP contribution in [0.5, 0.6) is 0 Å². The smallest absolute Gasteiger partial charge is 0.244 e. The zero-order valence-corrected chi connectivity index (χ0v) is 22.7. The molecule has 7 nitrogen and oxygen atoms in total. The Morgan fingerprint density at radius 1 is 1.00 bits per heavy atom. The van der Waals surface area contributed by atoms with Crippen molar-refractivity contribution in [1.29, 1.82) is 0 Å². The van der Waals surface area contributed by atoms with E-state index in [9.17, 15) is 18.0 Å². The predicted molar refractivity (Wildman–Crippen MR) is 138 cm³/mol. The number of carbonyl (C=O) groups excluding carboxylic acids is 2. The predicted octanol–water partition coefficient (Wildman–Crippen LogP) is 5.01. The lowest BCUT2D eigenvalue weighted by Gasteiger charge is -2.31. The van der Waals surface area contributed by atoms with Crippen LogP contribution in [0.4, 0.5) is 5.69 Å². The Balaban J connectivity index is 2.44. The van der Waals surface area contributed by atoms with Gasteiger partial charge in [0, 0.05) is 33.2 Å². The average molecular weight is 569 g/mol. The van der Waals surface area contributed by atoms with E-state index in [4.69, 9.17) is 46.4 Å². The molecule has 1 unspecified atom stereocenters. The van der Waals surface area contributed by atoms with Gasteiger partial charge in [0.1, 0.15) is 12.6 Å². The number of anilines is 1. The first-order chi connectivity index (χ1) is 15.8. The highest BCUT2D eigenvalue weighted by molar-refractivity contribution is 7.92. The second-order valence-electron chi connectivity index (χ2n) is 7.62. The summed E-state index contributed by atoms with van der Waals surface area (Å²) in [6, 6.07) is 8.11. The zero-order chi connectivity index (χ0) is 25.6. The number of rotatable bonds is 10. The number of benzene rings is 2. The van der Waals surface area contributed by atoms with Crippen LogP contribution in [0.25, 0.3) is 0 Å². The van der Waals surface area contributed by atoms with Crippen molar-refractivity contribution in [2.24, 2.45) is 0 Å². The number of hydrogen-bond donors (Lipinski definition) is 1. The van der Waals surface area contributed by atoms with E-state index in [1.807, 2.05) is 6.92 Å². The first-order valence-electron chi connectivity index (χ1n) is 10.3. The Hall–Kier alpha value is -1.71. The quantitative estimate of drug-likeness (QED) is 0.436. The SMILES string of the molecule is CCCNC(=O)C(C)N(Cc1ccc(Cl)cc1Cl)C(=O)CN(c1cc(Cl)cc(Cl)c1)S(C)(=O)=O. The van der Waals surface area contributed by atoms with Gasteiger partial charge in [-0.3, -0.25) is 13.9 Å². The normalized spacial score (nSPS) is 12.2. The average Bonchev–Trinajstić information content (AvgIpc) is 2.73. The fourth-order valence-corrected chi connectivity index (χ4v) is 4.93. The largest absolute Gasteiger partial charge is 0.354 e. The van der Waals surface area contributed by atoms with Crippen molar-refractivity contribution in [1.82, 2.24) is 10.2 Å². The third-order valence-corrected chi connectivity index (χ3v) is 7.05. The highest BCUT2D eigenvalue weighted by Crippen LogP contribution is 2.28. The number of hydrogen-bond acceptors (Lipinski definition) is 4. The third-order valence-electron chi connectivity index (χ3n) is 4.89. The van der Waals surface area contributed by atoms with Crippen molar-refractivity contribution in [2.75, 3.05) is 23.7 Å². The molecule has 0 saturated heterocycles. The summed E-state index contributed by atoms with van der Waals surface area (Å²) in [5.41, 5.74) is 0.673. The maximum Gasteiger partial charge on any atom is 0.244 e. The summed E-state index contributed by atoms with van der Waals surface area (Å²) in [5, 5.41) is 3.90. The van der Waals surface area contributed by atoms with Gasteiger partial charge in [-0.05, 0) is 49.2 Å². The highest BCUT2D eigenvalue weighted by Gasteiger charge is 2.30. The topological polar surface area (TPSA) is 86.8 Å². The molecule has 2 aromatic carbocycles. The fourth-order valence-electron chi connectivity index (χ4n) is 3.11. The molecule has 0 radical (unpaired) electrons. The monoisotopic (exact) mass is 567 g/mol. The van der Waals surface area contributed by atoms with E-state index in [2.05, 4.69) is 5.32 Å². The van der Waals surface area contributed by atoms with E-state index in [1.54, 1.807) is 19.1 Å². The van der Waals surface area contributed by atoms with Crippen LogP contribution in [-0.2, 0) is 26.2 Å². The van der Waals surface area contributed by atoms with Gasteiger partial charge in [0.05, 0.1) is 11.9 Å². The fraction of sp³-hybridized carbons (Fsp3) is 0.364. The van der Waals surface area contributed by atoms with E-state index in [0.29, 0.717) is 28.6 Å². The van der Waals surface area contributed by atoms with Crippen molar-refractivity contribution in [3.8, 4) is 0 Å². The molecule has 0 bridgehead atoms. The van der Waals surface area contributed by atoms with Crippen molar-refractivity contribution >= 4 is 73.9 Å². The number of amides is 2. The molecule has 2 aromatic rings.